The van der Waals surface area contributed by atoms with Gasteiger partial charge in [0.2, 0.25) is 0 Å². The Morgan fingerprint density at radius 1 is 1.00 bits per heavy atom. The Morgan fingerprint density at radius 3 is 2.40 bits per heavy atom. The summed E-state index contributed by atoms with van der Waals surface area (Å²) in [6, 6.07) is 12.5. The second-order valence-corrected chi connectivity index (χ2v) is 5.76. The van der Waals surface area contributed by atoms with Gasteiger partial charge < -0.3 is 10.2 Å². The van der Waals surface area contributed by atoms with Gasteiger partial charge in [-0.25, -0.2) is 0 Å². The third-order valence-electron chi connectivity index (χ3n) is 3.48. The second-order valence-electron chi connectivity index (χ2n) is 5.32. The molecule has 2 rings (SSSR count). The van der Waals surface area contributed by atoms with Crippen LogP contribution in [0.25, 0.3) is 0 Å². The molecule has 106 valence electrons. The first kappa shape index (κ1) is 14.7. The highest BCUT2D eigenvalue weighted by atomic mass is 35.5. The SMILES string of the molecule is Cc1cc(Cl)ccc1CNc1ccc(C)c(N(C)C)c1. The van der Waals surface area contributed by atoms with Crippen molar-refractivity contribution in [3.05, 3.63) is 58.1 Å². The van der Waals surface area contributed by atoms with Crippen molar-refractivity contribution in [1.29, 1.82) is 0 Å². The maximum absolute atomic E-state index is 5.98. The number of nitrogens with zero attached hydrogens (tertiary/aromatic N) is 1. The van der Waals surface area contributed by atoms with Gasteiger partial charge in [0, 0.05) is 37.0 Å². The van der Waals surface area contributed by atoms with E-state index in [1.54, 1.807) is 0 Å². The van der Waals surface area contributed by atoms with Crippen LogP contribution >= 0.6 is 11.6 Å². The molecular weight excluding hydrogens is 268 g/mol. The molecule has 0 atom stereocenters. The van der Waals surface area contributed by atoms with Crippen molar-refractivity contribution in [1.82, 2.24) is 0 Å². The molecule has 0 saturated heterocycles. The lowest BCUT2D eigenvalue weighted by atomic mass is 10.1. The molecule has 0 bridgehead atoms. The van der Waals surface area contributed by atoms with Crippen LogP contribution in [0.1, 0.15) is 16.7 Å². The van der Waals surface area contributed by atoms with Gasteiger partial charge in [-0.05, 0) is 54.8 Å². The van der Waals surface area contributed by atoms with Crippen LogP contribution in [0.15, 0.2) is 36.4 Å². The number of hydrogen-bond donors (Lipinski definition) is 1. The van der Waals surface area contributed by atoms with Crippen LogP contribution in [0.5, 0.6) is 0 Å². The normalized spacial score (nSPS) is 10.4. The summed E-state index contributed by atoms with van der Waals surface area (Å²) in [6.45, 7) is 5.02. The Morgan fingerprint density at radius 2 is 1.75 bits per heavy atom. The van der Waals surface area contributed by atoms with Crippen LogP contribution in [0, 0.1) is 13.8 Å². The lowest BCUT2D eigenvalue weighted by molar-refractivity contribution is 1.10. The fraction of sp³-hybridized carbons (Fsp3) is 0.294. The predicted molar refractivity (Wildman–Crippen MR) is 89.0 cm³/mol. The number of halogens is 1. The monoisotopic (exact) mass is 288 g/mol. The second kappa shape index (κ2) is 6.19. The molecule has 3 heteroatoms. The van der Waals surface area contributed by atoms with Crippen LogP contribution in [0.3, 0.4) is 0 Å². The first-order valence-corrected chi connectivity index (χ1v) is 7.12. The number of anilines is 2. The molecule has 0 heterocycles. The largest absolute Gasteiger partial charge is 0.381 e. The quantitative estimate of drug-likeness (QED) is 0.882. The fourth-order valence-electron chi connectivity index (χ4n) is 2.26. The van der Waals surface area contributed by atoms with Gasteiger partial charge in [0.15, 0.2) is 0 Å². The third kappa shape index (κ3) is 3.45. The van der Waals surface area contributed by atoms with E-state index < -0.39 is 0 Å². The Hall–Kier alpha value is -1.67. The van der Waals surface area contributed by atoms with Gasteiger partial charge >= 0.3 is 0 Å². The summed E-state index contributed by atoms with van der Waals surface area (Å²) in [7, 11) is 4.13. The van der Waals surface area contributed by atoms with Gasteiger partial charge in [-0.3, -0.25) is 0 Å². The molecule has 1 N–H and O–H groups in total. The van der Waals surface area contributed by atoms with Gasteiger partial charge in [0.05, 0.1) is 0 Å². The molecule has 0 spiro atoms. The maximum atomic E-state index is 5.98. The Kier molecular flexibility index (Phi) is 4.56. The minimum Gasteiger partial charge on any atom is -0.381 e. The fourth-order valence-corrected chi connectivity index (χ4v) is 2.48. The number of rotatable bonds is 4. The standard InChI is InChI=1S/C17H21ClN2/c1-12-5-8-16(10-17(12)20(3)4)19-11-14-6-7-15(18)9-13(14)2/h5-10,19H,11H2,1-4H3. The first-order chi connectivity index (χ1) is 9.47. The third-order valence-corrected chi connectivity index (χ3v) is 3.71. The van der Waals surface area contributed by atoms with Crippen LogP contribution in [-0.4, -0.2) is 14.1 Å². The van der Waals surface area contributed by atoms with E-state index in [9.17, 15) is 0 Å². The number of aryl methyl sites for hydroxylation is 2. The molecule has 2 aromatic rings. The number of hydrogen-bond acceptors (Lipinski definition) is 2. The number of nitrogens with one attached hydrogen (secondary N) is 1. The Balaban J connectivity index is 2.13. The van der Waals surface area contributed by atoms with Gasteiger partial charge in [-0.2, -0.15) is 0 Å². The van der Waals surface area contributed by atoms with Crippen LogP contribution in [0.4, 0.5) is 11.4 Å². The van der Waals surface area contributed by atoms with E-state index in [0.29, 0.717) is 0 Å². The van der Waals surface area contributed by atoms with E-state index in [4.69, 9.17) is 11.6 Å². The van der Waals surface area contributed by atoms with Crippen molar-refractivity contribution in [2.75, 3.05) is 24.3 Å². The van der Waals surface area contributed by atoms with E-state index in [2.05, 4.69) is 62.4 Å². The van der Waals surface area contributed by atoms with E-state index in [1.807, 2.05) is 12.1 Å². The maximum Gasteiger partial charge on any atom is 0.0411 e. The topological polar surface area (TPSA) is 15.3 Å². The summed E-state index contributed by atoms with van der Waals surface area (Å²) < 4.78 is 0. The molecule has 0 aliphatic carbocycles. The van der Waals surface area contributed by atoms with E-state index in [1.165, 1.54) is 22.4 Å². The Labute approximate surface area is 126 Å². The first-order valence-electron chi connectivity index (χ1n) is 6.74. The van der Waals surface area contributed by atoms with Gasteiger partial charge in [0.1, 0.15) is 0 Å². The van der Waals surface area contributed by atoms with Crippen molar-refractivity contribution in [3.63, 3.8) is 0 Å². The Bertz CT molecular complexity index is 606. The molecule has 20 heavy (non-hydrogen) atoms. The summed E-state index contributed by atoms with van der Waals surface area (Å²) >= 11 is 5.98. The predicted octanol–water partition coefficient (Wildman–Crippen LogP) is 4.63. The average Bonchev–Trinajstić information content (AvgIpc) is 2.39. The molecule has 2 nitrogen and oxygen atoms in total. The highest BCUT2D eigenvalue weighted by Gasteiger charge is 2.03. The van der Waals surface area contributed by atoms with Crippen molar-refractivity contribution in [3.8, 4) is 0 Å². The minimum absolute atomic E-state index is 0.788. The zero-order valence-corrected chi connectivity index (χ0v) is 13.3. The molecule has 0 aromatic heterocycles. The zero-order valence-electron chi connectivity index (χ0n) is 12.5. The lowest BCUT2D eigenvalue weighted by Crippen LogP contribution is -2.11. The van der Waals surface area contributed by atoms with Crippen LogP contribution in [0.2, 0.25) is 5.02 Å². The minimum atomic E-state index is 0.788. The van der Waals surface area contributed by atoms with Gasteiger partial charge in [-0.1, -0.05) is 23.7 Å². The average molecular weight is 289 g/mol. The molecule has 0 aliphatic rings. The van der Waals surface area contributed by atoms with Gasteiger partial charge in [-0.15, -0.1) is 0 Å². The molecule has 0 fully saturated rings. The molecule has 0 saturated carbocycles. The van der Waals surface area contributed by atoms with Crippen LogP contribution < -0.4 is 10.2 Å². The van der Waals surface area contributed by atoms with Crippen molar-refractivity contribution in [2.24, 2.45) is 0 Å². The van der Waals surface area contributed by atoms with Crippen molar-refractivity contribution in [2.45, 2.75) is 20.4 Å². The highest BCUT2D eigenvalue weighted by molar-refractivity contribution is 6.30. The van der Waals surface area contributed by atoms with E-state index in [-0.39, 0.29) is 0 Å². The molecule has 0 radical (unpaired) electrons. The zero-order chi connectivity index (χ0) is 14.7. The number of benzene rings is 2. The van der Waals surface area contributed by atoms with Crippen molar-refractivity contribution < 1.29 is 0 Å². The summed E-state index contributed by atoms with van der Waals surface area (Å²) in [6.07, 6.45) is 0. The summed E-state index contributed by atoms with van der Waals surface area (Å²) in [5.41, 5.74) is 6.13. The van der Waals surface area contributed by atoms with Crippen molar-refractivity contribution >= 4 is 23.0 Å². The van der Waals surface area contributed by atoms with E-state index in [0.717, 1.165) is 17.3 Å². The molecule has 2 aromatic carbocycles. The molecule has 0 amide bonds. The van der Waals surface area contributed by atoms with Crippen LogP contribution in [-0.2, 0) is 6.54 Å². The smallest absolute Gasteiger partial charge is 0.0411 e. The lowest BCUT2D eigenvalue weighted by Gasteiger charge is -2.18. The molecule has 0 unspecified atom stereocenters. The van der Waals surface area contributed by atoms with Gasteiger partial charge in [0.25, 0.3) is 0 Å². The summed E-state index contributed by atoms with van der Waals surface area (Å²) in [4.78, 5) is 2.13. The summed E-state index contributed by atoms with van der Waals surface area (Å²) in [5.74, 6) is 0. The molecule has 0 aliphatic heterocycles. The summed E-state index contributed by atoms with van der Waals surface area (Å²) in [5, 5.41) is 4.26. The highest BCUT2D eigenvalue weighted by Crippen LogP contribution is 2.23. The van der Waals surface area contributed by atoms with E-state index >= 15 is 0 Å². The molecular formula is C17H21ClN2.